The smallest absolute Gasteiger partial charge is 0.193 e. The van der Waals surface area contributed by atoms with E-state index in [-0.39, 0.29) is 0 Å². The van der Waals surface area contributed by atoms with Gasteiger partial charge in [0.1, 0.15) is 5.76 Å². The lowest BCUT2D eigenvalue weighted by Crippen LogP contribution is -2.32. The van der Waals surface area contributed by atoms with Crippen molar-refractivity contribution in [3.05, 3.63) is 58.3 Å². The average Bonchev–Trinajstić information content (AvgIpc) is 2.41. The Hall–Kier alpha value is -1.10. The molecule has 0 aliphatic heterocycles. The van der Waals surface area contributed by atoms with E-state index in [1.165, 1.54) is 0 Å². The molecule has 1 N–H and O–H groups in total. The van der Waals surface area contributed by atoms with E-state index in [1.807, 2.05) is 30.3 Å². The minimum atomic E-state index is -1.31. The van der Waals surface area contributed by atoms with Gasteiger partial charge in [-0.15, -0.1) is 0 Å². The summed E-state index contributed by atoms with van der Waals surface area (Å²) in [6.45, 7) is 0.357. The van der Waals surface area contributed by atoms with Gasteiger partial charge in [-0.05, 0) is 33.6 Å². The molecule has 18 heavy (non-hydrogen) atoms. The van der Waals surface area contributed by atoms with Gasteiger partial charge in [-0.1, -0.05) is 30.3 Å². The molecule has 0 saturated carbocycles. The van der Waals surface area contributed by atoms with Crippen molar-refractivity contribution in [2.24, 2.45) is 0 Å². The summed E-state index contributed by atoms with van der Waals surface area (Å²) in [7, 11) is 1.58. The Balaban J connectivity index is 2.00. The number of benzene rings is 1. The van der Waals surface area contributed by atoms with Crippen molar-refractivity contribution in [3.63, 3.8) is 0 Å². The lowest BCUT2D eigenvalue weighted by Gasteiger charge is -2.28. The van der Waals surface area contributed by atoms with Crippen molar-refractivity contribution in [2.45, 2.75) is 18.8 Å². The Morgan fingerprint density at radius 2 is 2.06 bits per heavy atom. The third-order valence-corrected chi connectivity index (χ3v) is 3.45. The van der Waals surface area contributed by atoms with Gasteiger partial charge in [0, 0.05) is 0 Å². The van der Waals surface area contributed by atoms with Gasteiger partial charge in [0.2, 0.25) is 0 Å². The number of allylic oxidation sites excluding steroid dienone is 2. The first-order valence-corrected chi connectivity index (χ1v) is 6.44. The van der Waals surface area contributed by atoms with Gasteiger partial charge < -0.3 is 14.6 Å². The molecule has 1 atom stereocenters. The maximum Gasteiger partial charge on any atom is 0.193 e. The maximum absolute atomic E-state index is 10.3. The molecule has 1 aliphatic rings. The fourth-order valence-corrected chi connectivity index (χ4v) is 2.16. The van der Waals surface area contributed by atoms with Crippen LogP contribution in [0.4, 0.5) is 0 Å². The van der Waals surface area contributed by atoms with Crippen molar-refractivity contribution in [2.75, 3.05) is 7.11 Å². The summed E-state index contributed by atoms with van der Waals surface area (Å²) < 4.78 is 11.6. The van der Waals surface area contributed by atoms with Gasteiger partial charge in [0.25, 0.3) is 0 Å². The van der Waals surface area contributed by atoms with Crippen molar-refractivity contribution in [1.82, 2.24) is 0 Å². The molecule has 3 nitrogen and oxygen atoms in total. The van der Waals surface area contributed by atoms with Gasteiger partial charge in [0.05, 0.1) is 24.6 Å². The van der Waals surface area contributed by atoms with E-state index in [4.69, 9.17) is 9.47 Å². The molecule has 0 unspecified atom stereocenters. The predicted molar refractivity (Wildman–Crippen MR) is 72.9 cm³/mol. The van der Waals surface area contributed by atoms with Crippen LogP contribution in [0, 0.1) is 0 Å². The summed E-state index contributed by atoms with van der Waals surface area (Å²) in [5, 5.41) is 10.3. The van der Waals surface area contributed by atoms with E-state index in [9.17, 15) is 5.11 Å². The monoisotopic (exact) mass is 310 g/mol. The zero-order valence-corrected chi connectivity index (χ0v) is 11.7. The van der Waals surface area contributed by atoms with Crippen LogP contribution in [0.3, 0.4) is 0 Å². The Kier molecular flexibility index (Phi) is 4.22. The molecule has 0 aromatic heterocycles. The number of aliphatic hydroxyl groups is 1. The molecule has 4 heteroatoms. The lowest BCUT2D eigenvalue weighted by atomic mass is 10.1. The lowest BCUT2D eigenvalue weighted by molar-refractivity contribution is -0.178. The molecule has 0 amide bonds. The molecule has 1 aliphatic carbocycles. The summed E-state index contributed by atoms with van der Waals surface area (Å²) in [6, 6.07) is 9.74. The average molecular weight is 311 g/mol. The van der Waals surface area contributed by atoms with Gasteiger partial charge in [-0.3, -0.25) is 0 Å². The molecule has 1 aromatic carbocycles. The SMILES string of the molecule is COC1=C(Br)C=C[C@@](O)(OCc2ccccc2)C1. The Bertz CT molecular complexity index is 467. The summed E-state index contributed by atoms with van der Waals surface area (Å²) in [5.74, 6) is -0.633. The highest BCUT2D eigenvalue weighted by molar-refractivity contribution is 9.11. The van der Waals surface area contributed by atoms with Crippen molar-refractivity contribution in [1.29, 1.82) is 0 Å². The zero-order chi connectivity index (χ0) is 13.0. The minimum Gasteiger partial charge on any atom is -0.500 e. The predicted octanol–water partition coefficient (Wildman–Crippen LogP) is 3.10. The van der Waals surface area contributed by atoms with E-state index in [0.717, 1.165) is 10.0 Å². The first kappa shape index (κ1) is 13.3. The van der Waals surface area contributed by atoms with Crippen LogP contribution >= 0.6 is 15.9 Å². The summed E-state index contributed by atoms with van der Waals surface area (Å²) in [5.41, 5.74) is 1.02. The Labute approximate surface area is 115 Å². The second kappa shape index (κ2) is 5.69. The molecule has 0 saturated heterocycles. The van der Waals surface area contributed by atoms with Crippen molar-refractivity contribution in [3.8, 4) is 0 Å². The second-order valence-electron chi connectivity index (χ2n) is 4.10. The van der Waals surface area contributed by atoms with Crippen LogP contribution in [0.25, 0.3) is 0 Å². The number of hydrogen-bond acceptors (Lipinski definition) is 3. The van der Waals surface area contributed by atoms with Crippen LogP contribution in [-0.4, -0.2) is 18.0 Å². The zero-order valence-electron chi connectivity index (χ0n) is 10.1. The van der Waals surface area contributed by atoms with Crippen LogP contribution < -0.4 is 0 Å². The van der Waals surface area contributed by atoms with Crippen molar-refractivity contribution < 1.29 is 14.6 Å². The first-order chi connectivity index (χ1) is 8.63. The fraction of sp³-hybridized carbons (Fsp3) is 0.286. The maximum atomic E-state index is 10.3. The molecule has 0 fully saturated rings. The van der Waals surface area contributed by atoms with E-state index in [1.54, 1.807) is 19.3 Å². The Morgan fingerprint density at radius 3 is 2.72 bits per heavy atom. The number of ether oxygens (including phenoxy) is 2. The topological polar surface area (TPSA) is 38.7 Å². The van der Waals surface area contributed by atoms with Crippen LogP contribution in [0.5, 0.6) is 0 Å². The highest BCUT2D eigenvalue weighted by Crippen LogP contribution is 2.31. The van der Waals surface area contributed by atoms with Gasteiger partial charge in [-0.2, -0.15) is 0 Å². The molecule has 0 heterocycles. The third-order valence-electron chi connectivity index (χ3n) is 2.75. The van der Waals surface area contributed by atoms with Gasteiger partial charge in [-0.25, -0.2) is 0 Å². The number of methoxy groups -OCH3 is 1. The fourth-order valence-electron chi connectivity index (χ4n) is 1.72. The molecule has 96 valence electrons. The van der Waals surface area contributed by atoms with E-state index in [0.29, 0.717) is 18.8 Å². The first-order valence-electron chi connectivity index (χ1n) is 5.65. The minimum absolute atomic E-state index is 0.299. The second-order valence-corrected chi connectivity index (χ2v) is 4.96. The summed E-state index contributed by atoms with van der Waals surface area (Å²) >= 11 is 3.36. The van der Waals surface area contributed by atoms with Crippen LogP contribution in [0.2, 0.25) is 0 Å². The van der Waals surface area contributed by atoms with Gasteiger partial charge in [0.15, 0.2) is 5.79 Å². The summed E-state index contributed by atoms with van der Waals surface area (Å²) in [4.78, 5) is 0. The molecule has 2 rings (SSSR count). The van der Waals surface area contributed by atoms with Gasteiger partial charge >= 0.3 is 0 Å². The van der Waals surface area contributed by atoms with Crippen LogP contribution in [0.1, 0.15) is 12.0 Å². The quantitative estimate of drug-likeness (QED) is 0.869. The molecule has 0 spiro atoms. The number of hydrogen-bond donors (Lipinski definition) is 1. The highest BCUT2D eigenvalue weighted by Gasteiger charge is 2.30. The summed E-state index contributed by atoms with van der Waals surface area (Å²) in [6.07, 6.45) is 3.67. The van der Waals surface area contributed by atoms with E-state index < -0.39 is 5.79 Å². The standard InChI is InChI=1S/C14H15BrO3/c1-17-13-9-14(16,8-7-12(13)15)18-10-11-5-3-2-4-6-11/h2-8,16H,9-10H2,1H3/t14-/m1/s1. The number of halogens is 1. The largest absolute Gasteiger partial charge is 0.500 e. The van der Waals surface area contributed by atoms with Crippen LogP contribution in [-0.2, 0) is 16.1 Å². The molecular formula is C14H15BrO3. The van der Waals surface area contributed by atoms with Crippen molar-refractivity contribution >= 4 is 15.9 Å². The Morgan fingerprint density at radius 1 is 1.33 bits per heavy atom. The molecule has 0 radical (unpaired) electrons. The molecule has 0 bridgehead atoms. The highest BCUT2D eigenvalue weighted by atomic mass is 79.9. The normalized spacial score (nSPS) is 23.3. The molecular weight excluding hydrogens is 296 g/mol. The van der Waals surface area contributed by atoms with E-state index in [2.05, 4.69) is 15.9 Å². The third kappa shape index (κ3) is 3.22. The van der Waals surface area contributed by atoms with E-state index >= 15 is 0 Å². The van der Waals surface area contributed by atoms with Crippen LogP contribution in [0.15, 0.2) is 52.7 Å². The molecule has 1 aromatic rings. The number of rotatable bonds is 4.